The minimum atomic E-state index is -1.56. The van der Waals surface area contributed by atoms with Gasteiger partial charge in [0.2, 0.25) is 0 Å². The van der Waals surface area contributed by atoms with Crippen molar-refractivity contribution in [3.05, 3.63) is 71.8 Å². The van der Waals surface area contributed by atoms with E-state index in [1.807, 2.05) is 81.4 Å². The number of unbranched alkanes of at least 4 members (excludes halogenated alkanes) is 2. The Labute approximate surface area is 219 Å². The Kier molecular flexibility index (Phi) is 13.2. The van der Waals surface area contributed by atoms with Crippen LogP contribution in [0.25, 0.3) is 0 Å². The van der Waals surface area contributed by atoms with E-state index in [-0.39, 0.29) is 19.1 Å². The maximum absolute atomic E-state index is 13.0. The van der Waals surface area contributed by atoms with Crippen LogP contribution in [0.3, 0.4) is 0 Å². The maximum atomic E-state index is 13.0. The zero-order valence-corrected chi connectivity index (χ0v) is 22.0. The molecule has 8 nitrogen and oxygen atoms in total. The van der Waals surface area contributed by atoms with E-state index in [0.717, 1.165) is 24.0 Å². The van der Waals surface area contributed by atoms with E-state index in [1.165, 1.54) is 0 Å². The van der Waals surface area contributed by atoms with Gasteiger partial charge in [-0.1, -0.05) is 101 Å². The highest BCUT2D eigenvalue weighted by molar-refractivity contribution is 5.87. The lowest BCUT2D eigenvalue weighted by molar-refractivity contribution is -0.150. The molecule has 3 atom stereocenters. The monoisotopic (exact) mass is 512 g/mol. The summed E-state index contributed by atoms with van der Waals surface area (Å²) in [5.41, 5.74) is 1.66. The molecule has 2 rings (SSSR count). The lowest BCUT2D eigenvalue weighted by Crippen LogP contribution is -2.54. The van der Waals surface area contributed by atoms with Crippen LogP contribution in [0.4, 0.5) is 4.79 Å². The van der Waals surface area contributed by atoms with Crippen LogP contribution < -0.4 is 10.6 Å². The van der Waals surface area contributed by atoms with Gasteiger partial charge in [0.25, 0.3) is 5.91 Å². The molecule has 0 aliphatic heterocycles. The number of benzene rings is 2. The molecule has 0 spiro atoms. The highest BCUT2D eigenvalue weighted by Gasteiger charge is 2.32. The van der Waals surface area contributed by atoms with Gasteiger partial charge in [0.05, 0.1) is 6.04 Å². The maximum Gasteiger partial charge on any atom is 0.407 e. The number of alkyl carbamates (subject to hydrolysis) is 1. The third-order valence-electron chi connectivity index (χ3n) is 5.82. The number of carbonyl (C=O) groups excluding carboxylic acids is 3. The van der Waals surface area contributed by atoms with Gasteiger partial charge < -0.3 is 25.2 Å². The quantitative estimate of drug-likeness (QED) is 0.239. The smallest absolute Gasteiger partial charge is 0.407 e. The summed E-state index contributed by atoms with van der Waals surface area (Å²) in [5.74, 6) is -1.22. The SMILES string of the molecule is CCCCC[C@@H](NC(=O)OCc1ccccc1)[C@H](O)C(=O)N[C@@H](CC(C)C)C(=O)OCc1ccccc1. The van der Waals surface area contributed by atoms with Crippen molar-refractivity contribution in [3.63, 3.8) is 0 Å². The first-order valence-corrected chi connectivity index (χ1v) is 13.0. The van der Waals surface area contributed by atoms with Crippen molar-refractivity contribution in [2.24, 2.45) is 5.92 Å². The van der Waals surface area contributed by atoms with Gasteiger partial charge in [-0.15, -0.1) is 0 Å². The minimum absolute atomic E-state index is 0.0698. The summed E-state index contributed by atoms with van der Waals surface area (Å²) >= 11 is 0. The third kappa shape index (κ3) is 11.5. The largest absolute Gasteiger partial charge is 0.459 e. The normalized spacial score (nSPS) is 13.3. The highest BCUT2D eigenvalue weighted by Crippen LogP contribution is 2.12. The zero-order valence-electron chi connectivity index (χ0n) is 22.0. The van der Waals surface area contributed by atoms with Crippen LogP contribution in [-0.4, -0.2) is 41.3 Å². The Morgan fingerprint density at radius 3 is 1.95 bits per heavy atom. The number of esters is 1. The van der Waals surface area contributed by atoms with Gasteiger partial charge >= 0.3 is 12.1 Å². The van der Waals surface area contributed by atoms with E-state index in [0.29, 0.717) is 19.3 Å². The summed E-state index contributed by atoms with van der Waals surface area (Å²) < 4.78 is 10.7. The summed E-state index contributed by atoms with van der Waals surface area (Å²) in [6.07, 6.45) is 0.981. The first-order valence-electron chi connectivity index (χ1n) is 13.0. The van der Waals surface area contributed by atoms with E-state index in [9.17, 15) is 19.5 Å². The molecule has 0 bridgehead atoms. The number of hydrogen-bond acceptors (Lipinski definition) is 6. The molecule has 0 aliphatic rings. The van der Waals surface area contributed by atoms with Crippen molar-refractivity contribution >= 4 is 18.0 Å². The van der Waals surface area contributed by atoms with Gasteiger partial charge in [-0.3, -0.25) is 4.79 Å². The summed E-state index contributed by atoms with van der Waals surface area (Å²) in [6.45, 7) is 6.05. The molecule has 0 unspecified atom stereocenters. The molecule has 2 amide bonds. The predicted octanol–water partition coefficient (Wildman–Crippen LogP) is 4.50. The van der Waals surface area contributed by atoms with Gasteiger partial charge in [0, 0.05) is 0 Å². The zero-order chi connectivity index (χ0) is 27.0. The predicted molar refractivity (Wildman–Crippen MR) is 141 cm³/mol. The minimum Gasteiger partial charge on any atom is -0.459 e. The van der Waals surface area contributed by atoms with Crippen molar-refractivity contribution in [3.8, 4) is 0 Å². The van der Waals surface area contributed by atoms with Crippen molar-refractivity contribution in [2.75, 3.05) is 0 Å². The third-order valence-corrected chi connectivity index (χ3v) is 5.82. The Morgan fingerprint density at radius 2 is 1.41 bits per heavy atom. The van der Waals surface area contributed by atoms with E-state index in [4.69, 9.17) is 9.47 Å². The van der Waals surface area contributed by atoms with Crippen LogP contribution >= 0.6 is 0 Å². The lowest BCUT2D eigenvalue weighted by Gasteiger charge is -2.26. The Balaban J connectivity index is 2.00. The van der Waals surface area contributed by atoms with Crippen molar-refractivity contribution in [2.45, 2.75) is 84.3 Å². The van der Waals surface area contributed by atoms with Crippen molar-refractivity contribution < 1.29 is 29.0 Å². The molecule has 0 radical (unpaired) electrons. The van der Waals surface area contributed by atoms with Crippen LogP contribution in [0.2, 0.25) is 0 Å². The summed E-state index contributed by atoms with van der Waals surface area (Å²) in [7, 11) is 0. The van der Waals surface area contributed by atoms with Crippen molar-refractivity contribution in [1.82, 2.24) is 10.6 Å². The lowest BCUT2D eigenvalue weighted by atomic mass is 10.0. The van der Waals surface area contributed by atoms with Crippen LogP contribution in [0.5, 0.6) is 0 Å². The van der Waals surface area contributed by atoms with Crippen LogP contribution in [0.1, 0.15) is 64.0 Å². The molecule has 0 aromatic heterocycles. The first-order chi connectivity index (χ1) is 17.8. The summed E-state index contributed by atoms with van der Waals surface area (Å²) in [4.78, 5) is 38.2. The number of aliphatic hydroxyl groups excluding tert-OH is 1. The fourth-order valence-corrected chi connectivity index (χ4v) is 3.79. The molecule has 202 valence electrons. The van der Waals surface area contributed by atoms with Gasteiger partial charge in [-0.2, -0.15) is 0 Å². The molecular formula is C29H40N2O6. The second kappa shape index (κ2) is 16.4. The topological polar surface area (TPSA) is 114 Å². The average Bonchev–Trinajstić information content (AvgIpc) is 2.90. The molecule has 0 saturated carbocycles. The Morgan fingerprint density at radius 1 is 0.838 bits per heavy atom. The van der Waals surface area contributed by atoms with Gasteiger partial charge in [0.1, 0.15) is 19.3 Å². The van der Waals surface area contributed by atoms with Crippen LogP contribution in [0, 0.1) is 5.92 Å². The van der Waals surface area contributed by atoms with E-state index in [1.54, 1.807) is 0 Å². The summed E-state index contributed by atoms with van der Waals surface area (Å²) in [6, 6.07) is 16.7. The second-order valence-electron chi connectivity index (χ2n) is 9.54. The Hall–Kier alpha value is -3.39. The number of hydrogen-bond donors (Lipinski definition) is 3. The number of nitrogens with one attached hydrogen (secondary N) is 2. The molecule has 3 N–H and O–H groups in total. The number of amides is 2. The number of carbonyl (C=O) groups is 3. The fraction of sp³-hybridized carbons (Fsp3) is 0.483. The van der Waals surface area contributed by atoms with Gasteiger partial charge in [-0.05, 0) is 29.9 Å². The molecule has 0 heterocycles. The summed E-state index contributed by atoms with van der Waals surface area (Å²) in [5, 5.41) is 16.1. The van der Waals surface area contributed by atoms with Crippen LogP contribution in [0.15, 0.2) is 60.7 Å². The standard InChI is InChI=1S/C29H40N2O6/c1-4-5-8-17-24(31-29(35)37-20-23-15-11-7-12-16-23)26(32)27(33)30-25(18-21(2)3)28(34)36-19-22-13-9-6-10-14-22/h6-7,9-16,21,24-26,32H,4-5,8,17-20H2,1-3H3,(H,30,33)(H,31,35)/t24-,25+,26+/m1/s1. The van der Waals surface area contributed by atoms with Crippen molar-refractivity contribution in [1.29, 1.82) is 0 Å². The second-order valence-corrected chi connectivity index (χ2v) is 9.54. The number of ether oxygens (including phenoxy) is 2. The molecule has 0 saturated heterocycles. The number of aliphatic hydroxyl groups is 1. The molecule has 0 fully saturated rings. The fourth-order valence-electron chi connectivity index (χ4n) is 3.79. The molecular weight excluding hydrogens is 472 g/mol. The molecule has 8 heteroatoms. The van der Waals surface area contributed by atoms with Gasteiger partial charge in [-0.25, -0.2) is 9.59 Å². The molecule has 0 aliphatic carbocycles. The van der Waals surface area contributed by atoms with Crippen LogP contribution in [-0.2, 0) is 32.3 Å². The first kappa shape index (κ1) is 29.8. The molecule has 37 heavy (non-hydrogen) atoms. The molecule has 2 aromatic rings. The van der Waals surface area contributed by atoms with Gasteiger partial charge in [0.15, 0.2) is 6.10 Å². The number of rotatable bonds is 15. The average molecular weight is 513 g/mol. The van der Waals surface area contributed by atoms with E-state index < -0.39 is 36.2 Å². The highest BCUT2D eigenvalue weighted by atomic mass is 16.5. The molecule has 2 aromatic carbocycles. The van der Waals surface area contributed by atoms with E-state index in [2.05, 4.69) is 10.6 Å². The van der Waals surface area contributed by atoms with E-state index >= 15 is 0 Å². The Bertz CT molecular complexity index is 951.